The third kappa shape index (κ3) is 3.10. The summed E-state index contributed by atoms with van der Waals surface area (Å²) in [6, 6.07) is 7.61. The molecular formula is C15H15ClN2O2S. The summed E-state index contributed by atoms with van der Waals surface area (Å²) in [5.41, 5.74) is 3.16. The first-order valence-electron chi connectivity index (χ1n) is 6.71. The van der Waals surface area contributed by atoms with Gasteiger partial charge in [0.25, 0.3) is 5.91 Å². The summed E-state index contributed by atoms with van der Waals surface area (Å²) in [5, 5.41) is 2.45. The molecule has 0 bridgehead atoms. The maximum Gasteiger partial charge on any atom is 0.273 e. The monoisotopic (exact) mass is 322 g/mol. The number of nitrogens with zero attached hydrogens (tertiary/aromatic N) is 2. The minimum Gasteiger partial charge on any atom is -0.370 e. The number of thiazole rings is 1. The number of carbonyl (C=O) groups excluding carboxylic acids is 1. The largest absolute Gasteiger partial charge is 0.370 e. The van der Waals surface area contributed by atoms with Crippen LogP contribution in [0.2, 0.25) is 5.02 Å². The lowest BCUT2D eigenvalue weighted by Gasteiger charge is -2.38. The van der Waals surface area contributed by atoms with Crippen molar-refractivity contribution in [2.45, 2.75) is 19.1 Å². The number of hydrogen-bond donors (Lipinski definition) is 0. The van der Waals surface area contributed by atoms with Crippen molar-refractivity contribution in [2.24, 2.45) is 0 Å². The number of hydrogen-bond acceptors (Lipinski definition) is 4. The van der Waals surface area contributed by atoms with Crippen molar-refractivity contribution < 1.29 is 9.53 Å². The van der Waals surface area contributed by atoms with Crippen molar-refractivity contribution in [1.82, 2.24) is 9.88 Å². The Kier molecular flexibility index (Phi) is 4.24. The molecule has 110 valence electrons. The van der Waals surface area contributed by atoms with Gasteiger partial charge in [-0.15, -0.1) is 11.3 Å². The summed E-state index contributed by atoms with van der Waals surface area (Å²) in [6.07, 6.45) is -0.150. The summed E-state index contributed by atoms with van der Waals surface area (Å²) in [5.74, 6) is -0.0425. The highest BCUT2D eigenvalue weighted by molar-refractivity contribution is 7.07. The number of rotatable bonds is 2. The fourth-order valence-electron chi connectivity index (χ4n) is 2.41. The Labute approximate surface area is 132 Å². The number of ether oxygens (including phenoxy) is 1. The van der Waals surface area contributed by atoms with Crippen LogP contribution in [0.15, 0.2) is 35.2 Å². The molecule has 1 fully saturated rings. The second-order valence-electron chi connectivity index (χ2n) is 5.06. The highest BCUT2D eigenvalue weighted by Crippen LogP contribution is 2.27. The number of halogens is 1. The van der Waals surface area contributed by atoms with E-state index in [0.717, 1.165) is 5.56 Å². The first-order valence-corrected chi connectivity index (χ1v) is 8.03. The van der Waals surface area contributed by atoms with Gasteiger partial charge in [-0.2, -0.15) is 0 Å². The molecule has 2 atom stereocenters. The highest BCUT2D eigenvalue weighted by atomic mass is 35.5. The molecule has 1 aliphatic rings. The minimum atomic E-state index is -0.150. The summed E-state index contributed by atoms with van der Waals surface area (Å²) in [7, 11) is 0. The lowest BCUT2D eigenvalue weighted by atomic mass is 10.1. The standard InChI is InChI=1S/C15H15ClN2O2S/c1-10-7-20-14(11-3-2-4-12(16)5-11)6-18(10)15(19)13-8-21-9-17-13/h2-5,8-10,14H,6-7H2,1H3/t10-,14+/m0/s1. The predicted octanol–water partition coefficient (Wildman–Crippen LogP) is 3.40. The van der Waals surface area contributed by atoms with Crippen molar-refractivity contribution in [3.63, 3.8) is 0 Å². The second-order valence-corrected chi connectivity index (χ2v) is 6.21. The third-order valence-electron chi connectivity index (χ3n) is 3.57. The van der Waals surface area contributed by atoms with Crippen molar-refractivity contribution >= 4 is 28.8 Å². The fraction of sp³-hybridized carbons (Fsp3) is 0.333. The Morgan fingerprint density at radius 2 is 2.38 bits per heavy atom. The van der Waals surface area contributed by atoms with E-state index in [1.165, 1.54) is 11.3 Å². The summed E-state index contributed by atoms with van der Waals surface area (Å²) >= 11 is 7.45. The molecule has 0 aliphatic carbocycles. The zero-order valence-electron chi connectivity index (χ0n) is 11.5. The Balaban J connectivity index is 1.80. The van der Waals surface area contributed by atoms with Crippen LogP contribution in [0.3, 0.4) is 0 Å². The molecular weight excluding hydrogens is 308 g/mol. The van der Waals surface area contributed by atoms with Gasteiger partial charge in [0, 0.05) is 10.4 Å². The smallest absolute Gasteiger partial charge is 0.273 e. The third-order valence-corrected chi connectivity index (χ3v) is 4.39. The molecule has 1 saturated heterocycles. The van der Waals surface area contributed by atoms with E-state index in [2.05, 4.69) is 4.98 Å². The number of amides is 1. The number of morpholine rings is 1. The topological polar surface area (TPSA) is 42.4 Å². The van der Waals surface area contributed by atoms with Gasteiger partial charge in [0.2, 0.25) is 0 Å². The van der Waals surface area contributed by atoms with E-state index in [1.54, 1.807) is 10.9 Å². The average molecular weight is 323 g/mol. The highest BCUT2D eigenvalue weighted by Gasteiger charge is 2.31. The molecule has 2 heterocycles. The molecule has 1 aromatic carbocycles. The van der Waals surface area contributed by atoms with E-state index in [0.29, 0.717) is 23.9 Å². The average Bonchev–Trinajstić information content (AvgIpc) is 3.01. The molecule has 4 nitrogen and oxygen atoms in total. The van der Waals surface area contributed by atoms with Crippen LogP contribution >= 0.6 is 22.9 Å². The molecule has 0 radical (unpaired) electrons. The first kappa shape index (κ1) is 14.5. The molecule has 6 heteroatoms. The molecule has 0 N–H and O–H groups in total. The van der Waals surface area contributed by atoms with E-state index in [4.69, 9.17) is 16.3 Å². The minimum absolute atomic E-state index is 0.0367. The van der Waals surface area contributed by atoms with Crippen LogP contribution in [-0.4, -0.2) is 35.0 Å². The van der Waals surface area contributed by atoms with Crippen LogP contribution in [0.4, 0.5) is 0 Å². The van der Waals surface area contributed by atoms with E-state index in [-0.39, 0.29) is 18.1 Å². The van der Waals surface area contributed by atoms with Crippen LogP contribution in [0.5, 0.6) is 0 Å². The summed E-state index contributed by atoms with van der Waals surface area (Å²) < 4.78 is 5.86. The van der Waals surface area contributed by atoms with Gasteiger partial charge < -0.3 is 9.64 Å². The Hall–Kier alpha value is -1.43. The van der Waals surface area contributed by atoms with Crippen molar-refractivity contribution in [2.75, 3.05) is 13.2 Å². The van der Waals surface area contributed by atoms with Crippen LogP contribution in [0.1, 0.15) is 29.1 Å². The van der Waals surface area contributed by atoms with Gasteiger partial charge in [0.05, 0.1) is 24.7 Å². The Morgan fingerprint density at radius 3 is 3.10 bits per heavy atom. The zero-order valence-corrected chi connectivity index (χ0v) is 13.1. The first-order chi connectivity index (χ1) is 10.1. The van der Waals surface area contributed by atoms with Crippen LogP contribution in [0, 0.1) is 0 Å². The zero-order chi connectivity index (χ0) is 14.8. The normalized spacial score (nSPS) is 22.3. The maximum absolute atomic E-state index is 12.5. The van der Waals surface area contributed by atoms with Gasteiger partial charge in [-0.05, 0) is 24.6 Å². The molecule has 0 spiro atoms. The number of benzene rings is 1. The van der Waals surface area contributed by atoms with Gasteiger partial charge in [-0.3, -0.25) is 4.79 Å². The van der Waals surface area contributed by atoms with E-state index >= 15 is 0 Å². The maximum atomic E-state index is 12.5. The lowest BCUT2D eigenvalue weighted by Crippen LogP contribution is -2.48. The van der Waals surface area contributed by atoms with Gasteiger partial charge in [0.1, 0.15) is 11.8 Å². The molecule has 1 aliphatic heterocycles. The van der Waals surface area contributed by atoms with Crippen LogP contribution in [0.25, 0.3) is 0 Å². The van der Waals surface area contributed by atoms with Gasteiger partial charge in [0.15, 0.2) is 0 Å². The van der Waals surface area contributed by atoms with Crippen molar-refractivity contribution in [3.05, 3.63) is 51.4 Å². The fourth-order valence-corrected chi connectivity index (χ4v) is 3.14. The number of carbonyl (C=O) groups is 1. The molecule has 3 rings (SSSR count). The molecule has 21 heavy (non-hydrogen) atoms. The van der Waals surface area contributed by atoms with E-state index in [9.17, 15) is 4.79 Å². The summed E-state index contributed by atoms with van der Waals surface area (Å²) in [4.78, 5) is 18.4. The molecule has 0 saturated carbocycles. The van der Waals surface area contributed by atoms with Gasteiger partial charge >= 0.3 is 0 Å². The molecule has 2 aromatic rings. The van der Waals surface area contributed by atoms with E-state index in [1.807, 2.05) is 36.1 Å². The van der Waals surface area contributed by atoms with E-state index < -0.39 is 0 Å². The predicted molar refractivity (Wildman–Crippen MR) is 82.8 cm³/mol. The summed E-state index contributed by atoms with van der Waals surface area (Å²) in [6.45, 7) is 3.00. The second kappa shape index (κ2) is 6.13. The Bertz CT molecular complexity index is 632. The van der Waals surface area contributed by atoms with Crippen molar-refractivity contribution in [3.8, 4) is 0 Å². The van der Waals surface area contributed by atoms with Crippen LogP contribution in [-0.2, 0) is 4.74 Å². The van der Waals surface area contributed by atoms with Gasteiger partial charge in [-0.25, -0.2) is 4.98 Å². The Morgan fingerprint density at radius 1 is 1.52 bits per heavy atom. The molecule has 1 aromatic heterocycles. The molecule has 0 unspecified atom stereocenters. The quantitative estimate of drug-likeness (QED) is 0.851. The molecule has 1 amide bonds. The lowest BCUT2D eigenvalue weighted by molar-refractivity contribution is -0.0488. The van der Waals surface area contributed by atoms with Gasteiger partial charge in [-0.1, -0.05) is 23.7 Å². The SMILES string of the molecule is C[C@H]1CO[C@@H](c2cccc(Cl)c2)CN1C(=O)c1cscn1. The van der Waals surface area contributed by atoms with Crippen LogP contribution < -0.4 is 0 Å². The number of aromatic nitrogens is 1. The van der Waals surface area contributed by atoms with Crippen molar-refractivity contribution in [1.29, 1.82) is 0 Å².